The van der Waals surface area contributed by atoms with E-state index in [2.05, 4.69) is 26.2 Å². The monoisotopic (exact) mass is 307 g/mol. The number of nitrogens with zero attached hydrogens (tertiary/aromatic N) is 2. The van der Waals surface area contributed by atoms with Crippen molar-refractivity contribution in [3.8, 4) is 0 Å². The predicted molar refractivity (Wildman–Crippen MR) is 68.0 cm³/mol. The van der Waals surface area contributed by atoms with Gasteiger partial charge in [-0.1, -0.05) is 0 Å². The third kappa shape index (κ3) is 1.92. The van der Waals surface area contributed by atoms with Crippen LogP contribution in [0.1, 0.15) is 24.3 Å². The van der Waals surface area contributed by atoms with Gasteiger partial charge >= 0.3 is 0 Å². The second-order valence-electron chi connectivity index (χ2n) is 4.29. The number of hydrogen-bond acceptors (Lipinski definition) is 3. The molecule has 1 aliphatic rings. The van der Waals surface area contributed by atoms with Crippen LogP contribution in [0.2, 0.25) is 0 Å². The van der Waals surface area contributed by atoms with Gasteiger partial charge in [-0.2, -0.15) is 0 Å². The van der Waals surface area contributed by atoms with Gasteiger partial charge < -0.3 is 4.40 Å². The summed E-state index contributed by atoms with van der Waals surface area (Å²) in [4.78, 5) is 27.2. The summed E-state index contributed by atoms with van der Waals surface area (Å²) in [6.45, 7) is 0. The molecular weight excluding hydrogens is 298 g/mol. The van der Waals surface area contributed by atoms with Gasteiger partial charge in [0.1, 0.15) is 10.3 Å². The Labute approximate surface area is 111 Å². The summed E-state index contributed by atoms with van der Waals surface area (Å²) in [5, 5.41) is 2.37. The van der Waals surface area contributed by atoms with Crippen LogP contribution in [-0.2, 0) is 9.59 Å². The molecule has 2 amide bonds. The minimum Gasteiger partial charge on any atom is -0.306 e. The number of piperidine rings is 1. The van der Waals surface area contributed by atoms with Crippen LogP contribution in [0.5, 0.6) is 0 Å². The fourth-order valence-corrected chi connectivity index (χ4v) is 2.60. The van der Waals surface area contributed by atoms with Crippen LogP contribution in [0.15, 0.2) is 29.1 Å². The van der Waals surface area contributed by atoms with Gasteiger partial charge in [0.25, 0.3) is 0 Å². The Hall–Kier alpha value is -1.69. The maximum absolute atomic E-state index is 11.8. The van der Waals surface area contributed by atoms with Crippen LogP contribution < -0.4 is 5.32 Å². The maximum atomic E-state index is 11.8. The highest BCUT2D eigenvalue weighted by molar-refractivity contribution is 9.10. The Bertz CT molecular complexity index is 650. The first-order chi connectivity index (χ1) is 8.63. The molecule has 18 heavy (non-hydrogen) atoms. The molecule has 0 spiro atoms. The molecule has 1 fully saturated rings. The molecule has 0 radical (unpaired) electrons. The molecular formula is C12H10BrN3O2. The lowest BCUT2D eigenvalue weighted by Crippen LogP contribution is -2.39. The quantitative estimate of drug-likeness (QED) is 0.814. The Kier molecular flexibility index (Phi) is 2.66. The highest BCUT2D eigenvalue weighted by Crippen LogP contribution is 2.25. The van der Waals surface area contributed by atoms with E-state index >= 15 is 0 Å². The number of amides is 2. The summed E-state index contributed by atoms with van der Waals surface area (Å²) >= 11 is 3.31. The highest BCUT2D eigenvalue weighted by atomic mass is 79.9. The topological polar surface area (TPSA) is 63.5 Å². The molecule has 0 aliphatic carbocycles. The second-order valence-corrected chi connectivity index (χ2v) is 5.11. The van der Waals surface area contributed by atoms with Gasteiger partial charge in [-0.15, -0.1) is 0 Å². The first-order valence-corrected chi connectivity index (χ1v) is 6.40. The number of rotatable bonds is 1. The molecule has 5 nitrogen and oxygen atoms in total. The molecule has 2 aromatic heterocycles. The number of carbonyl (C=O) groups excluding carboxylic acids is 2. The van der Waals surface area contributed by atoms with E-state index in [4.69, 9.17) is 0 Å². The van der Waals surface area contributed by atoms with Crippen molar-refractivity contribution in [3.63, 3.8) is 0 Å². The first kappa shape index (κ1) is 11.4. The molecule has 1 N–H and O–H groups in total. The minimum absolute atomic E-state index is 0.194. The fraction of sp³-hybridized carbons (Fsp3) is 0.250. The number of fused-ring (bicyclic) bond motifs is 1. The predicted octanol–water partition coefficient (Wildman–Crippen LogP) is 1.62. The molecule has 6 heteroatoms. The molecule has 1 aliphatic heterocycles. The van der Waals surface area contributed by atoms with Crippen molar-refractivity contribution in [1.29, 1.82) is 0 Å². The molecule has 3 rings (SSSR count). The van der Waals surface area contributed by atoms with Crippen LogP contribution in [-0.4, -0.2) is 21.2 Å². The van der Waals surface area contributed by atoms with E-state index in [9.17, 15) is 9.59 Å². The molecule has 1 saturated heterocycles. The van der Waals surface area contributed by atoms with Gasteiger partial charge in [-0.3, -0.25) is 14.9 Å². The van der Waals surface area contributed by atoms with E-state index in [1.807, 2.05) is 28.9 Å². The van der Waals surface area contributed by atoms with Gasteiger partial charge in [-0.25, -0.2) is 4.98 Å². The third-order valence-corrected chi connectivity index (χ3v) is 3.48. The Morgan fingerprint density at radius 1 is 1.44 bits per heavy atom. The van der Waals surface area contributed by atoms with Crippen molar-refractivity contribution in [1.82, 2.24) is 14.7 Å². The largest absolute Gasteiger partial charge is 0.306 e. The van der Waals surface area contributed by atoms with Gasteiger partial charge in [0.15, 0.2) is 0 Å². The van der Waals surface area contributed by atoms with Crippen LogP contribution in [0, 0.1) is 0 Å². The summed E-state index contributed by atoms with van der Waals surface area (Å²) < 4.78 is 2.63. The lowest BCUT2D eigenvalue weighted by molar-refractivity contribution is -0.134. The van der Waals surface area contributed by atoms with E-state index in [0.29, 0.717) is 12.8 Å². The van der Waals surface area contributed by atoms with E-state index in [1.165, 1.54) is 0 Å². The molecule has 0 bridgehead atoms. The third-order valence-electron chi connectivity index (χ3n) is 3.10. The number of aromatic nitrogens is 2. The van der Waals surface area contributed by atoms with Crippen LogP contribution >= 0.6 is 15.9 Å². The lowest BCUT2D eigenvalue weighted by Gasteiger charge is -2.20. The molecule has 0 saturated carbocycles. The molecule has 1 atom stereocenters. The number of halogens is 1. The second kappa shape index (κ2) is 4.20. The van der Waals surface area contributed by atoms with Crippen LogP contribution in [0.25, 0.3) is 5.65 Å². The minimum atomic E-state index is -0.261. The van der Waals surface area contributed by atoms with Crippen molar-refractivity contribution in [2.45, 2.75) is 18.8 Å². The smallest absolute Gasteiger partial charge is 0.234 e. The normalized spacial score (nSPS) is 20.2. The van der Waals surface area contributed by atoms with E-state index < -0.39 is 0 Å². The highest BCUT2D eigenvalue weighted by Gasteiger charge is 2.28. The summed E-state index contributed by atoms with van der Waals surface area (Å²) in [5.41, 5.74) is 1.68. The molecule has 92 valence electrons. The van der Waals surface area contributed by atoms with Crippen molar-refractivity contribution < 1.29 is 9.59 Å². The number of imidazole rings is 1. The van der Waals surface area contributed by atoms with Crippen molar-refractivity contribution in [2.75, 3.05) is 0 Å². The molecule has 0 aromatic carbocycles. The van der Waals surface area contributed by atoms with Crippen LogP contribution in [0.3, 0.4) is 0 Å². The van der Waals surface area contributed by atoms with Gasteiger partial charge in [0.2, 0.25) is 11.8 Å². The van der Waals surface area contributed by atoms with Crippen molar-refractivity contribution >= 4 is 33.4 Å². The zero-order valence-electron chi connectivity index (χ0n) is 9.39. The SMILES string of the molecule is O=C1CCC(c2ccn3cc(Br)nc3c2)C(=O)N1. The van der Waals surface area contributed by atoms with Gasteiger partial charge in [0, 0.05) is 18.8 Å². The Balaban J connectivity index is 1.98. The Morgan fingerprint density at radius 2 is 2.28 bits per heavy atom. The summed E-state index contributed by atoms with van der Waals surface area (Å²) in [6, 6.07) is 3.77. The zero-order chi connectivity index (χ0) is 12.7. The average Bonchev–Trinajstić information content (AvgIpc) is 2.68. The summed E-state index contributed by atoms with van der Waals surface area (Å²) in [6.07, 6.45) is 4.66. The summed E-state index contributed by atoms with van der Waals surface area (Å²) in [5.74, 6) is -0.676. The van der Waals surface area contributed by atoms with E-state index in [-0.39, 0.29) is 17.7 Å². The lowest BCUT2D eigenvalue weighted by atomic mass is 9.91. The summed E-state index contributed by atoms with van der Waals surface area (Å²) in [7, 11) is 0. The van der Waals surface area contributed by atoms with E-state index in [1.54, 1.807) is 0 Å². The number of nitrogens with one attached hydrogen (secondary N) is 1. The standard InChI is InChI=1S/C12H10BrN3O2/c13-9-6-16-4-3-7(5-10(16)14-9)8-1-2-11(17)15-12(8)18/h3-6,8H,1-2H2,(H,15,17,18). The number of hydrogen-bond donors (Lipinski definition) is 1. The van der Waals surface area contributed by atoms with Crippen molar-refractivity contribution in [3.05, 3.63) is 34.7 Å². The maximum Gasteiger partial charge on any atom is 0.234 e. The van der Waals surface area contributed by atoms with E-state index in [0.717, 1.165) is 15.8 Å². The molecule has 3 heterocycles. The van der Waals surface area contributed by atoms with Crippen LogP contribution in [0.4, 0.5) is 0 Å². The Morgan fingerprint density at radius 3 is 3.06 bits per heavy atom. The molecule has 2 aromatic rings. The fourth-order valence-electron chi connectivity index (χ4n) is 2.20. The number of carbonyl (C=O) groups is 2. The average molecular weight is 308 g/mol. The molecule has 1 unspecified atom stereocenters. The van der Waals surface area contributed by atoms with Gasteiger partial charge in [0.05, 0.1) is 5.92 Å². The zero-order valence-corrected chi connectivity index (χ0v) is 11.0. The number of pyridine rings is 1. The first-order valence-electron chi connectivity index (χ1n) is 5.61. The van der Waals surface area contributed by atoms with Gasteiger partial charge in [-0.05, 0) is 40.0 Å². The van der Waals surface area contributed by atoms with Crippen molar-refractivity contribution in [2.24, 2.45) is 0 Å². The number of imide groups is 1.